The summed E-state index contributed by atoms with van der Waals surface area (Å²) in [5.74, 6) is -0.368. The van der Waals surface area contributed by atoms with Crippen molar-refractivity contribution >= 4 is 18.4 Å². The second-order valence-electron chi connectivity index (χ2n) is 4.39. The molecule has 0 unspecified atom stereocenters. The minimum Gasteiger partial charge on any atom is -0.460 e. The maximum atomic E-state index is 11.8. The highest BCUT2D eigenvalue weighted by Gasteiger charge is 2.15. The number of hydrogen-bond donors (Lipinski definition) is 1. The Kier molecular flexibility index (Phi) is 6.77. The van der Waals surface area contributed by atoms with Gasteiger partial charge >= 0.3 is 5.97 Å². The quantitative estimate of drug-likeness (QED) is 0.862. The maximum Gasteiger partial charge on any atom is 0.323 e. The summed E-state index contributed by atoms with van der Waals surface area (Å²) in [6, 6.07) is 18.6. The molecule has 0 saturated carbocycles. The van der Waals surface area contributed by atoms with Gasteiger partial charge in [0.25, 0.3) is 0 Å². The SMILES string of the molecule is Cl.N[C@@H](Cc1ccccc1)C(=O)OCc1ccccc1. The molecule has 2 aromatic rings. The van der Waals surface area contributed by atoms with Gasteiger partial charge in [-0.3, -0.25) is 4.79 Å². The molecule has 0 saturated heterocycles. The summed E-state index contributed by atoms with van der Waals surface area (Å²) in [6.45, 7) is 0.266. The van der Waals surface area contributed by atoms with E-state index in [9.17, 15) is 4.79 Å². The van der Waals surface area contributed by atoms with Crippen LogP contribution in [0.4, 0.5) is 0 Å². The predicted octanol–water partition coefficient (Wildman–Crippen LogP) is 2.72. The van der Waals surface area contributed by atoms with Gasteiger partial charge in [-0.15, -0.1) is 12.4 Å². The fourth-order valence-corrected chi connectivity index (χ4v) is 1.79. The summed E-state index contributed by atoms with van der Waals surface area (Å²) < 4.78 is 5.20. The van der Waals surface area contributed by atoms with Gasteiger partial charge in [-0.25, -0.2) is 0 Å². The van der Waals surface area contributed by atoms with Crippen molar-refractivity contribution in [1.82, 2.24) is 0 Å². The molecule has 4 heteroatoms. The molecular weight excluding hydrogens is 274 g/mol. The van der Waals surface area contributed by atoms with Crippen molar-refractivity contribution < 1.29 is 9.53 Å². The zero-order valence-electron chi connectivity index (χ0n) is 11.1. The first kappa shape index (κ1) is 16.2. The van der Waals surface area contributed by atoms with Gasteiger partial charge in [0.15, 0.2) is 0 Å². The number of halogens is 1. The van der Waals surface area contributed by atoms with Crippen molar-refractivity contribution in [2.45, 2.75) is 19.1 Å². The Balaban J connectivity index is 0.00000200. The number of carbonyl (C=O) groups excluding carboxylic acids is 1. The summed E-state index contributed by atoms with van der Waals surface area (Å²) in [4.78, 5) is 11.8. The van der Waals surface area contributed by atoms with Crippen molar-refractivity contribution in [3.8, 4) is 0 Å². The molecule has 0 amide bonds. The molecule has 0 aliphatic carbocycles. The van der Waals surface area contributed by atoms with E-state index < -0.39 is 6.04 Å². The standard InChI is InChI=1S/C16H17NO2.ClH/c17-15(11-13-7-3-1-4-8-13)16(18)19-12-14-9-5-2-6-10-14;/h1-10,15H,11-12,17H2;1H/t15-;/m0./s1. The van der Waals surface area contributed by atoms with Crippen molar-refractivity contribution in [1.29, 1.82) is 0 Å². The third kappa shape index (κ3) is 5.03. The Labute approximate surface area is 125 Å². The van der Waals surface area contributed by atoms with Crippen molar-refractivity contribution in [2.24, 2.45) is 5.73 Å². The van der Waals surface area contributed by atoms with Gasteiger partial charge in [0, 0.05) is 0 Å². The largest absolute Gasteiger partial charge is 0.460 e. The molecular formula is C16H18ClNO2. The second kappa shape index (κ2) is 8.35. The summed E-state index contributed by atoms with van der Waals surface area (Å²) in [6.07, 6.45) is 0.495. The van der Waals surface area contributed by atoms with Crippen LogP contribution in [0.15, 0.2) is 60.7 Å². The van der Waals surface area contributed by atoms with Crippen LogP contribution in [-0.4, -0.2) is 12.0 Å². The number of benzene rings is 2. The van der Waals surface area contributed by atoms with E-state index in [-0.39, 0.29) is 25.0 Å². The monoisotopic (exact) mass is 291 g/mol. The number of hydrogen-bond acceptors (Lipinski definition) is 3. The lowest BCUT2D eigenvalue weighted by Crippen LogP contribution is -2.34. The third-order valence-corrected chi connectivity index (χ3v) is 2.83. The van der Waals surface area contributed by atoms with Crippen LogP contribution in [0.1, 0.15) is 11.1 Å². The normalized spacial score (nSPS) is 11.2. The number of nitrogens with two attached hydrogens (primary N) is 1. The molecule has 0 aromatic heterocycles. The van der Waals surface area contributed by atoms with Crippen LogP contribution in [0.2, 0.25) is 0 Å². The van der Waals surface area contributed by atoms with Crippen LogP contribution in [0, 0.1) is 0 Å². The molecule has 0 heterocycles. The first-order valence-corrected chi connectivity index (χ1v) is 6.26. The molecule has 0 spiro atoms. The van der Waals surface area contributed by atoms with E-state index in [2.05, 4.69) is 0 Å². The Morgan fingerprint density at radius 1 is 0.950 bits per heavy atom. The maximum absolute atomic E-state index is 11.8. The first-order valence-electron chi connectivity index (χ1n) is 6.26. The molecule has 0 bridgehead atoms. The first-order chi connectivity index (χ1) is 9.25. The minimum absolute atomic E-state index is 0. The highest BCUT2D eigenvalue weighted by Crippen LogP contribution is 2.05. The molecule has 0 fully saturated rings. The smallest absolute Gasteiger partial charge is 0.323 e. The topological polar surface area (TPSA) is 52.3 Å². The highest BCUT2D eigenvalue weighted by molar-refractivity contribution is 5.85. The summed E-state index contributed by atoms with van der Waals surface area (Å²) in [5.41, 5.74) is 7.83. The van der Waals surface area contributed by atoms with Crippen LogP contribution in [0.5, 0.6) is 0 Å². The molecule has 2 rings (SSSR count). The Morgan fingerprint density at radius 2 is 1.45 bits per heavy atom. The molecule has 2 aromatic carbocycles. The van der Waals surface area contributed by atoms with E-state index in [0.717, 1.165) is 11.1 Å². The van der Waals surface area contributed by atoms with Crippen LogP contribution >= 0.6 is 12.4 Å². The Bertz CT molecular complexity index is 517. The fraction of sp³-hybridized carbons (Fsp3) is 0.188. The summed E-state index contributed by atoms with van der Waals surface area (Å²) >= 11 is 0. The van der Waals surface area contributed by atoms with Crippen molar-refractivity contribution in [3.63, 3.8) is 0 Å². The lowest BCUT2D eigenvalue weighted by molar-refractivity contribution is -0.146. The van der Waals surface area contributed by atoms with E-state index in [4.69, 9.17) is 10.5 Å². The molecule has 0 radical (unpaired) electrons. The number of rotatable bonds is 5. The zero-order chi connectivity index (χ0) is 13.5. The van der Waals surface area contributed by atoms with Gasteiger partial charge < -0.3 is 10.5 Å². The lowest BCUT2D eigenvalue weighted by Gasteiger charge is -2.11. The fourth-order valence-electron chi connectivity index (χ4n) is 1.79. The molecule has 106 valence electrons. The molecule has 20 heavy (non-hydrogen) atoms. The van der Waals surface area contributed by atoms with Crippen LogP contribution in [-0.2, 0) is 22.6 Å². The third-order valence-electron chi connectivity index (χ3n) is 2.83. The average Bonchev–Trinajstić information content (AvgIpc) is 2.47. The van der Waals surface area contributed by atoms with E-state index in [1.54, 1.807) is 0 Å². The van der Waals surface area contributed by atoms with Crippen LogP contribution in [0.25, 0.3) is 0 Å². The highest BCUT2D eigenvalue weighted by atomic mass is 35.5. The average molecular weight is 292 g/mol. The van der Waals surface area contributed by atoms with Crippen molar-refractivity contribution in [3.05, 3.63) is 71.8 Å². The Hall–Kier alpha value is -1.84. The van der Waals surface area contributed by atoms with E-state index in [1.807, 2.05) is 60.7 Å². The van der Waals surface area contributed by atoms with Crippen LogP contribution < -0.4 is 5.73 Å². The lowest BCUT2D eigenvalue weighted by atomic mass is 10.1. The predicted molar refractivity (Wildman–Crippen MR) is 81.6 cm³/mol. The summed E-state index contributed by atoms with van der Waals surface area (Å²) in [5, 5.41) is 0. The van der Waals surface area contributed by atoms with E-state index in [1.165, 1.54) is 0 Å². The minimum atomic E-state index is -0.619. The van der Waals surface area contributed by atoms with Gasteiger partial charge in [0.05, 0.1) is 0 Å². The van der Waals surface area contributed by atoms with Gasteiger partial charge in [-0.1, -0.05) is 60.7 Å². The van der Waals surface area contributed by atoms with Gasteiger partial charge in [0.2, 0.25) is 0 Å². The van der Waals surface area contributed by atoms with Gasteiger partial charge in [-0.05, 0) is 17.5 Å². The van der Waals surface area contributed by atoms with Crippen molar-refractivity contribution in [2.75, 3.05) is 0 Å². The molecule has 0 aliphatic rings. The van der Waals surface area contributed by atoms with E-state index >= 15 is 0 Å². The molecule has 0 aliphatic heterocycles. The Morgan fingerprint density at radius 3 is 2.00 bits per heavy atom. The van der Waals surface area contributed by atoms with Crippen LogP contribution in [0.3, 0.4) is 0 Å². The number of ether oxygens (including phenoxy) is 1. The van der Waals surface area contributed by atoms with Gasteiger partial charge in [-0.2, -0.15) is 0 Å². The molecule has 1 atom stereocenters. The molecule has 2 N–H and O–H groups in total. The molecule has 3 nitrogen and oxygen atoms in total. The van der Waals surface area contributed by atoms with E-state index in [0.29, 0.717) is 6.42 Å². The van der Waals surface area contributed by atoms with Gasteiger partial charge in [0.1, 0.15) is 12.6 Å². The zero-order valence-corrected chi connectivity index (χ0v) is 11.9. The second-order valence-corrected chi connectivity index (χ2v) is 4.39. The summed E-state index contributed by atoms with van der Waals surface area (Å²) in [7, 11) is 0. The number of carbonyl (C=O) groups is 1. The number of esters is 1.